The summed E-state index contributed by atoms with van der Waals surface area (Å²) in [6.45, 7) is 2.52. The van der Waals surface area contributed by atoms with E-state index in [9.17, 15) is 4.79 Å². The molecule has 0 radical (unpaired) electrons. The standard InChI is InChI=1S/C10H19NO2/c1-8(10(12)13)11-7-3-2-4-9-5-6-9/h8-9,11H,2-7H2,1H3,(H,12,13). The van der Waals surface area contributed by atoms with E-state index in [1.165, 1.54) is 25.7 Å². The van der Waals surface area contributed by atoms with Gasteiger partial charge in [-0.2, -0.15) is 0 Å². The van der Waals surface area contributed by atoms with Crippen molar-refractivity contribution in [1.29, 1.82) is 0 Å². The maximum Gasteiger partial charge on any atom is 0.320 e. The SMILES string of the molecule is CC(NCCCCC1CC1)C(=O)O. The highest BCUT2D eigenvalue weighted by atomic mass is 16.4. The number of carboxylic acids is 1. The molecule has 0 aliphatic heterocycles. The number of hydrogen-bond donors (Lipinski definition) is 2. The Morgan fingerprint density at radius 3 is 2.77 bits per heavy atom. The first kappa shape index (κ1) is 10.5. The maximum atomic E-state index is 10.4. The topological polar surface area (TPSA) is 49.3 Å². The van der Waals surface area contributed by atoms with E-state index in [1.807, 2.05) is 0 Å². The molecule has 1 fully saturated rings. The zero-order valence-electron chi connectivity index (χ0n) is 8.25. The van der Waals surface area contributed by atoms with Crippen molar-refractivity contribution >= 4 is 5.97 Å². The van der Waals surface area contributed by atoms with E-state index in [0.717, 1.165) is 18.9 Å². The molecule has 0 aromatic carbocycles. The van der Waals surface area contributed by atoms with Crippen LogP contribution in [0.25, 0.3) is 0 Å². The Morgan fingerprint density at radius 2 is 2.23 bits per heavy atom. The summed E-state index contributed by atoms with van der Waals surface area (Å²) in [7, 11) is 0. The van der Waals surface area contributed by atoms with Crippen LogP contribution in [0.2, 0.25) is 0 Å². The van der Waals surface area contributed by atoms with Crippen LogP contribution >= 0.6 is 0 Å². The second-order valence-corrected chi connectivity index (χ2v) is 3.95. The van der Waals surface area contributed by atoms with Gasteiger partial charge in [-0.3, -0.25) is 4.79 Å². The average Bonchev–Trinajstić information content (AvgIpc) is 2.87. The molecule has 0 saturated heterocycles. The van der Waals surface area contributed by atoms with Crippen LogP contribution < -0.4 is 5.32 Å². The molecule has 0 spiro atoms. The van der Waals surface area contributed by atoms with Gasteiger partial charge in [0.15, 0.2) is 0 Å². The first-order valence-corrected chi connectivity index (χ1v) is 5.16. The molecule has 1 atom stereocenters. The Kier molecular flexibility index (Phi) is 4.22. The molecule has 13 heavy (non-hydrogen) atoms. The molecule has 1 saturated carbocycles. The highest BCUT2D eigenvalue weighted by molar-refractivity contribution is 5.72. The molecule has 3 nitrogen and oxygen atoms in total. The van der Waals surface area contributed by atoms with Crippen molar-refractivity contribution in [2.45, 2.75) is 45.1 Å². The molecule has 1 aliphatic rings. The lowest BCUT2D eigenvalue weighted by atomic mass is 10.2. The predicted molar refractivity (Wildman–Crippen MR) is 51.7 cm³/mol. The molecule has 1 rings (SSSR count). The molecule has 0 heterocycles. The summed E-state index contributed by atoms with van der Waals surface area (Å²) in [5.74, 6) is 0.235. The van der Waals surface area contributed by atoms with Crippen LogP contribution in [-0.4, -0.2) is 23.7 Å². The molecule has 1 unspecified atom stereocenters. The van der Waals surface area contributed by atoms with E-state index in [-0.39, 0.29) is 0 Å². The smallest absolute Gasteiger partial charge is 0.320 e. The zero-order chi connectivity index (χ0) is 9.68. The van der Waals surface area contributed by atoms with Gasteiger partial charge < -0.3 is 10.4 Å². The van der Waals surface area contributed by atoms with E-state index in [0.29, 0.717) is 0 Å². The molecule has 3 heteroatoms. The fourth-order valence-corrected chi connectivity index (χ4v) is 1.37. The first-order valence-electron chi connectivity index (χ1n) is 5.16. The van der Waals surface area contributed by atoms with Crippen molar-refractivity contribution in [3.8, 4) is 0 Å². The van der Waals surface area contributed by atoms with Crippen LogP contribution in [0.3, 0.4) is 0 Å². The van der Waals surface area contributed by atoms with Crippen molar-refractivity contribution in [3.05, 3.63) is 0 Å². The van der Waals surface area contributed by atoms with Crippen LogP contribution in [0.5, 0.6) is 0 Å². The largest absolute Gasteiger partial charge is 0.480 e. The van der Waals surface area contributed by atoms with Gasteiger partial charge in [0.25, 0.3) is 0 Å². The molecule has 0 amide bonds. The molecule has 0 aromatic rings. The van der Waals surface area contributed by atoms with Crippen LogP contribution in [-0.2, 0) is 4.79 Å². The molecule has 0 bridgehead atoms. The summed E-state index contributed by atoms with van der Waals surface area (Å²) in [6.07, 6.45) is 6.51. The minimum absolute atomic E-state index is 0.402. The first-order chi connectivity index (χ1) is 6.20. The minimum Gasteiger partial charge on any atom is -0.480 e. The van der Waals surface area contributed by atoms with Gasteiger partial charge in [0.05, 0.1) is 0 Å². The van der Waals surface area contributed by atoms with Gasteiger partial charge in [0.1, 0.15) is 6.04 Å². The summed E-state index contributed by atoms with van der Waals surface area (Å²) >= 11 is 0. The molecular weight excluding hydrogens is 166 g/mol. The Hall–Kier alpha value is -0.570. The number of unbranched alkanes of at least 4 members (excludes halogenated alkanes) is 1. The molecule has 76 valence electrons. The average molecular weight is 185 g/mol. The molecular formula is C10H19NO2. The quantitative estimate of drug-likeness (QED) is 0.593. The maximum absolute atomic E-state index is 10.4. The summed E-state index contributed by atoms with van der Waals surface area (Å²) in [4.78, 5) is 10.4. The van der Waals surface area contributed by atoms with E-state index in [2.05, 4.69) is 5.32 Å². The lowest BCUT2D eigenvalue weighted by Crippen LogP contribution is -2.34. The summed E-state index contributed by atoms with van der Waals surface area (Å²) in [5, 5.41) is 11.6. The molecule has 0 aromatic heterocycles. The van der Waals surface area contributed by atoms with E-state index >= 15 is 0 Å². The second kappa shape index (κ2) is 5.22. The molecule has 1 aliphatic carbocycles. The van der Waals surface area contributed by atoms with Gasteiger partial charge >= 0.3 is 5.97 Å². The van der Waals surface area contributed by atoms with Gasteiger partial charge in [-0.15, -0.1) is 0 Å². The number of carbonyl (C=O) groups is 1. The van der Waals surface area contributed by atoms with Crippen molar-refractivity contribution < 1.29 is 9.90 Å². The number of rotatable bonds is 7. The third-order valence-electron chi connectivity index (χ3n) is 2.56. The third kappa shape index (κ3) is 4.88. The number of nitrogens with one attached hydrogen (secondary N) is 1. The number of carboxylic acid groups (broad SMARTS) is 1. The lowest BCUT2D eigenvalue weighted by Gasteiger charge is -2.08. The van der Waals surface area contributed by atoms with Crippen molar-refractivity contribution in [3.63, 3.8) is 0 Å². The van der Waals surface area contributed by atoms with E-state index in [1.54, 1.807) is 6.92 Å². The monoisotopic (exact) mass is 185 g/mol. The highest BCUT2D eigenvalue weighted by Crippen LogP contribution is 2.33. The lowest BCUT2D eigenvalue weighted by molar-refractivity contribution is -0.138. The predicted octanol–water partition coefficient (Wildman–Crippen LogP) is 1.63. The number of hydrogen-bond acceptors (Lipinski definition) is 2. The van der Waals surface area contributed by atoms with Crippen molar-refractivity contribution in [2.24, 2.45) is 5.92 Å². The minimum atomic E-state index is -0.762. The van der Waals surface area contributed by atoms with Gasteiger partial charge in [-0.05, 0) is 25.8 Å². The normalized spacial score (nSPS) is 18.5. The van der Waals surface area contributed by atoms with Gasteiger partial charge in [0.2, 0.25) is 0 Å². The van der Waals surface area contributed by atoms with Crippen LogP contribution in [0.4, 0.5) is 0 Å². The Labute approximate surface area is 79.5 Å². The number of aliphatic carboxylic acids is 1. The summed E-state index contributed by atoms with van der Waals surface area (Å²) in [6, 6.07) is -0.402. The van der Waals surface area contributed by atoms with Gasteiger partial charge in [-0.1, -0.05) is 25.7 Å². The van der Waals surface area contributed by atoms with E-state index < -0.39 is 12.0 Å². The fraction of sp³-hybridized carbons (Fsp3) is 0.900. The van der Waals surface area contributed by atoms with Crippen molar-refractivity contribution in [1.82, 2.24) is 5.32 Å². The van der Waals surface area contributed by atoms with Crippen LogP contribution in [0, 0.1) is 5.92 Å². The van der Waals surface area contributed by atoms with E-state index in [4.69, 9.17) is 5.11 Å². The third-order valence-corrected chi connectivity index (χ3v) is 2.56. The summed E-state index contributed by atoms with van der Waals surface area (Å²) < 4.78 is 0. The zero-order valence-corrected chi connectivity index (χ0v) is 8.25. The fourth-order valence-electron chi connectivity index (χ4n) is 1.37. The summed E-state index contributed by atoms with van der Waals surface area (Å²) in [5.41, 5.74) is 0. The Bertz CT molecular complexity index is 166. The van der Waals surface area contributed by atoms with Crippen LogP contribution in [0.1, 0.15) is 39.0 Å². The second-order valence-electron chi connectivity index (χ2n) is 3.95. The van der Waals surface area contributed by atoms with Crippen molar-refractivity contribution in [2.75, 3.05) is 6.54 Å². The Balaban J connectivity index is 1.84. The molecule has 2 N–H and O–H groups in total. The van der Waals surface area contributed by atoms with Crippen LogP contribution in [0.15, 0.2) is 0 Å². The Morgan fingerprint density at radius 1 is 1.54 bits per heavy atom. The highest BCUT2D eigenvalue weighted by Gasteiger charge is 2.19. The van der Waals surface area contributed by atoms with Gasteiger partial charge in [-0.25, -0.2) is 0 Å². The van der Waals surface area contributed by atoms with Gasteiger partial charge in [0, 0.05) is 0 Å².